The quantitative estimate of drug-likeness (QED) is 0.365. The van der Waals surface area contributed by atoms with Gasteiger partial charge in [0.15, 0.2) is 5.76 Å². The fourth-order valence-electron chi connectivity index (χ4n) is 3.41. The van der Waals surface area contributed by atoms with Gasteiger partial charge in [-0.25, -0.2) is 9.67 Å². The predicted molar refractivity (Wildman–Crippen MR) is 126 cm³/mol. The molecule has 1 N–H and O–H groups in total. The molecular weight excluding hydrogens is 416 g/mol. The number of aryl methyl sites for hydroxylation is 1. The molecule has 7 heteroatoms. The van der Waals surface area contributed by atoms with Gasteiger partial charge in [0.25, 0.3) is 5.91 Å². The number of hydrogen-bond acceptors (Lipinski definition) is 5. The highest BCUT2D eigenvalue weighted by atomic mass is 16.5. The van der Waals surface area contributed by atoms with Gasteiger partial charge in [-0.15, -0.1) is 5.10 Å². The number of carbonyl (C=O) groups is 1. The first-order chi connectivity index (χ1) is 16.0. The second-order valence-electron chi connectivity index (χ2n) is 8.08. The second kappa shape index (κ2) is 10.2. The number of amides is 1. The summed E-state index contributed by atoms with van der Waals surface area (Å²) in [5, 5.41) is 7.00. The molecule has 2 aromatic carbocycles. The maximum Gasteiger partial charge on any atom is 0.293 e. The predicted octanol–water partition coefficient (Wildman–Crippen LogP) is 5.57. The van der Waals surface area contributed by atoms with Crippen LogP contribution in [0.2, 0.25) is 0 Å². The van der Waals surface area contributed by atoms with Crippen LogP contribution in [0.25, 0.3) is 0 Å². The van der Waals surface area contributed by atoms with Gasteiger partial charge in [-0.1, -0.05) is 50.2 Å². The van der Waals surface area contributed by atoms with E-state index in [0.717, 1.165) is 17.7 Å². The summed E-state index contributed by atoms with van der Waals surface area (Å²) in [5.74, 6) is 1.83. The summed E-state index contributed by atoms with van der Waals surface area (Å²) in [7, 11) is 0. The van der Waals surface area contributed by atoms with Gasteiger partial charge in [-0.3, -0.25) is 10.1 Å². The van der Waals surface area contributed by atoms with E-state index in [1.165, 1.54) is 11.1 Å². The molecule has 0 spiro atoms. The van der Waals surface area contributed by atoms with Gasteiger partial charge in [0.2, 0.25) is 5.95 Å². The number of anilines is 1. The van der Waals surface area contributed by atoms with E-state index in [1.54, 1.807) is 23.1 Å². The molecule has 0 fully saturated rings. The lowest BCUT2D eigenvalue weighted by Gasteiger charge is -2.10. The first-order valence-electron chi connectivity index (χ1n) is 11.1. The SMILES string of the molecule is CCC(C)c1ccc(OCc2ccc(C(=O)Nc3ncn(Cc4ccccc4C)n3)o2)cc1. The van der Waals surface area contributed by atoms with E-state index in [9.17, 15) is 4.79 Å². The van der Waals surface area contributed by atoms with E-state index >= 15 is 0 Å². The third kappa shape index (κ3) is 5.68. The van der Waals surface area contributed by atoms with Crippen molar-refractivity contribution < 1.29 is 13.9 Å². The first-order valence-corrected chi connectivity index (χ1v) is 11.1. The number of nitrogens with one attached hydrogen (secondary N) is 1. The molecule has 2 aromatic heterocycles. The van der Waals surface area contributed by atoms with Crippen LogP contribution in [-0.2, 0) is 13.2 Å². The summed E-state index contributed by atoms with van der Waals surface area (Å²) in [6, 6.07) is 19.5. The zero-order valence-corrected chi connectivity index (χ0v) is 19.1. The van der Waals surface area contributed by atoms with E-state index < -0.39 is 5.91 Å². The molecule has 4 rings (SSSR count). The molecule has 0 saturated carbocycles. The molecule has 1 amide bonds. The van der Waals surface area contributed by atoms with Crippen LogP contribution >= 0.6 is 0 Å². The molecule has 0 saturated heterocycles. The molecule has 0 radical (unpaired) electrons. The van der Waals surface area contributed by atoms with Crippen molar-refractivity contribution in [3.63, 3.8) is 0 Å². The van der Waals surface area contributed by atoms with Crippen LogP contribution in [0.1, 0.15) is 59.2 Å². The van der Waals surface area contributed by atoms with Crippen molar-refractivity contribution in [3.05, 3.63) is 95.2 Å². The van der Waals surface area contributed by atoms with Gasteiger partial charge in [0.05, 0.1) is 6.54 Å². The van der Waals surface area contributed by atoms with Crippen molar-refractivity contribution in [1.82, 2.24) is 14.8 Å². The number of rotatable bonds is 9. The minimum Gasteiger partial charge on any atom is -0.486 e. The highest BCUT2D eigenvalue weighted by molar-refractivity contribution is 6.01. The molecule has 33 heavy (non-hydrogen) atoms. The van der Waals surface area contributed by atoms with E-state index in [0.29, 0.717) is 18.2 Å². The van der Waals surface area contributed by atoms with Crippen LogP contribution in [0.15, 0.2) is 71.4 Å². The van der Waals surface area contributed by atoms with Crippen LogP contribution in [0.4, 0.5) is 5.95 Å². The molecule has 170 valence electrons. The van der Waals surface area contributed by atoms with Crippen molar-refractivity contribution in [3.8, 4) is 5.75 Å². The Morgan fingerprint density at radius 2 is 1.91 bits per heavy atom. The van der Waals surface area contributed by atoms with E-state index in [1.807, 2.05) is 30.3 Å². The number of benzene rings is 2. The van der Waals surface area contributed by atoms with Gasteiger partial charge in [-0.2, -0.15) is 0 Å². The van der Waals surface area contributed by atoms with Gasteiger partial charge < -0.3 is 9.15 Å². The molecule has 0 aliphatic rings. The molecule has 0 aliphatic carbocycles. The lowest BCUT2D eigenvalue weighted by Crippen LogP contribution is -2.12. The molecule has 1 atom stereocenters. The topological polar surface area (TPSA) is 82.2 Å². The van der Waals surface area contributed by atoms with Crippen molar-refractivity contribution in [2.75, 3.05) is 5.32 Å². The Morgan fingerprint density at radius 3 is 2.67 bits per heavy atom. The maximum absolute atomic E-state index is 12.5. The minimum atomic E-state index is -0.409. The van der Waals surface area contributed by atoms with Crippen LogP contribution in [0.5, 0.6) is 5.75 Å². The van der Waals surface area contributed by atoms with E-state index in [2.05, 4.69) is 54.4 Å². The number of ether oxygens (including phenoxy) is 1. The first kappa shape index (κ1) is 22.3. The maximum atomic E-state index is 12.5. The zero-order chi connectivity index (χ0) is 23.2. The van der Waals surface area contributed by atoms with Crippen LogP contribution in [0.3, 0.4) is 0 Å². The second-order valence-corrected chi connectivity index (χ2v) is 8.08. The van der Waals surface area contributed by atoms with Crippen molar-refractivity contribution >= 4 is 11.9 Å². The van der Waals surface area contributed by atoms with Gasteiger partial charge in [-0.05, 0) is 60.2 Å². The minimum absolute atomic E-state index is 0.177. The van der Waals surface area contributed by atoms with Gasteiger partial charge in [0, 0.05) is 0 Å². The Kier molecular flexibility index (Phi) is 6.88. The summed E-state index contributed by atoms with van der Waals surface area (Å²) >= 11 is 0. The monoisotopic (exact) mass is 444 g/mol. The standard InChI is InChI=1S/C26H28N4O3/c1-4-18(2)20-9-11-22(12-10-20)32-16-23-13-14-24(33-23)25(31)28-26-27-17-30(29-26)15-21-8-6-5-7-19(21)3/h5-14,17-18H,4,15-16H2,1-3H3,(H,28,29,31). The molecule has 0 bridgehead atoms. The fourth-order valence-corrected chi connectivity index (χ4v) is 3.41. The number of hydrogen-bond donors (Lipinski definition) is 1. The van der Waals surface area contributed by atoms with Crippen LogP contribution in [-0.4, -0.2) is 20.7 Å². The lowest BCUT2D eigenvalue weighted by molar-refractivity contribution is 0.0991. The zero-order valence-electron chi connectivity index (χ0n) is 19.1. The number of nitrogens with zero attached hydrogens (tertiary/aromatic N) is 3. The van der Waals surface area contributed by atoms with Crippen molar-refractivity contribution in [1.29, 1.82) is 0 Å². The molecular formula is C26H28N4O3. The Balaban J connectivity index is 1.31. The summed E-state index contributed by atoms with van der Waals surface area (Å²) < 4.78 is 13.1. The molecule has 1 unspecified atom stereocenters. The average molecular weight is 445 g/mol. The molecule has 7 nitrogen and oxygen atoms in total. The lowest BCUT2D eigenvalue weighted by atomic mass is 9.99. The Labute approximate surface area is 193 Å². The summed E-state index contributed by atoms with van der Waals surface area (Å²) in [6.07, 6.45) is 2.69. The summed E-state index contributed by atoms with van der Waals surface area (Å²) in [4.78, 5) is 16.7. The smallest absolute Gasteiger partial charge is 0.293 e. The van der Waals surface area contributed by atoms with Crippen molar-refractivity contribution in [2.45, 2.75) is 46.3 Å². The molecule has 4 aromatic rings. The Hall–Kier alpha value is -3.87. The number of aromatic nitrogens is 3. The highest BCUT2D eigenvalue weighted by Crippen LogP contribution is 2.22. The van der Waals surface area contributed by atoms with Gasteiger partial charge in [0.1, 0.15) is 24.4 Å². The number of carbonyl (C=O) groups excluding carboxylic acids is 1. The Bertz CT molecular complexity index is 1210. The van der Waals surface area contributed by atoms with Crippen LogP contribution < -0.4 is 10.1 Å². The average Bonchev–Trinajstić information content (AvgIpc) is 3.49. The van der Waals surface area contributed by atoms with Crippen LogP contribution in [0, 0.1) is 6.92 Å². The Morgan fingerprint density at radius 1 is 1.12 bits per heavy atom. The number of furan rings is 1. The summed E-state index contributed by atoms with van der Waals surface area (Å²) in [5.41, 5.74) is 3.61. The fraction of sp³-hybridized carbons (Fsp3) is 0.269. The molecule has 0 aliphatic heterocycles. The van der Waals surface area contributed by atoms with Crippen molar-refractivity contribution in [2.24, 2.45) is 0 Å². The highest BCUT2D eigenvalue weighted by Gasteiger charge is 2.14. The summed E-state index contributed by atoms with van der Waals surface area (Å²) in [6.45, 7) is 7.24. The largest absolute Gasteiger partial charge is 0.486 e. The van der Waals surface area contributed by atoms with Gasteiger partial charge >= 0.3 is 0 Å². The van der Waals surface area contributed by atoms with E-state index in [4.69, 9.17) is 9.15 Å². The third-order valence-corrected chi connectivity index (χ3v) is 5.68. The third-order valence-electron chi connectivity index (χ3n) is 5.68. The van der Waals surface area contributed by atoms with E-state index in [-0.39, 0.29) is 18.3 Å². The molecule has 2 heterocycles. The normalized spacial score (nSPS) is 11.8.